The summed E-state index contributed by atoms with van der Waals surface area (Å²) in [5, 5.41) is 4.69. The molecule has 1 fully saturated rings. The normalized spacial score (nSPS) is 26.6. The highest BCUT2D eigenvalue weighted by molar-refractivity contribution is 6.33. The van der Waals surface area contributed by atoms with Crippen LogP contribution < -0.4 is 5.73 Å². The van der Waals surface area contributed by atoms with Gasteiger partial charge in [0.05, 0.1) is 10.9 Å². The number of hydrogen-bond donors (Lipinski definition) is 1. The van der Waals surface area contributed by atoms with Crippen LogP contribution in [0.2, 0.25) is 5.02 Å². The lowest BCUT2D eigenvalue weighted by atomic mass is 9.74. The number of nitrogens with two attached hydrogens (primary N) is 1. The Morgan fingerprint density at radius 3 is 2.90 bits per heavy atom. The Balaban J connectivity index is 1.92. The standard InChI is InChI=1S/C15H18ClN3O/c1-15(17)9-5-4-7-11(15)14-18-13(19-20-14)10-6-2-3-8-12(10)16/h2-3,6,8,11H,4-5,7,9,17H2,1H3. The fourth-order valence-corrected chi connectivity index (χ4v) is 3.11. The van der Waals surface area contributed by atoms with Gasteiger partial charge in [0.2, 0.25) is 11.7 Å². The maximum absolute atomic E-state index is 6.38. The maximum atomic E-state index is 6.38. The second kappa shape index (κ2) is 5.19. The Morgan fingerprint density at radius 1 is 1.35 bits per heavy atom. The third kappa shape index (κ3) is 2.45. The van der Waals surface area contributed by atoms with Crippen LogP contribution in [0.1, 0.15) is 44.4 Å². The van der Waals surface area contributed by atoms with Gasteiger partial charge in [-0.05, 0) is 31.9 Å². The Bertz CT molecular complexity index is 609. The molecule has 0 radical (unpaired) electrons. The molecule has 5 heteroatoms. The van der Waals surface area contributed by atoms with E-state index in [1.165, 1.54) is 0 Å². The van der Waals surface area contributed by atoms with Gasteiger partial charge in [-0.2, -0.15) is 4.98 Å². The quantitative estimate of drug-likeness (QED) is 0.915. The lowest BCUT2D eigenvalue weighted by Crippen LogP contribution is -2.44. The van der Waals surface area contributed by atoms with Crippen LogP contribution in [0.25, 0.3) is 11.4 Å². The predicted molar refractivity (Wildman–Crippen MR) is 78.5 cm³/mol. The predicted octanol–water partition coefficient (Wildman–Crippen LogP) is 3.77. The van der Waals surface area contributed by atoms with Crippen LogP contribution in [0, 0.1) is 0 Å². The molecule has 1 aromatic heterocycles. The zero-order valence-electron chi connectivity index (χ0n) is 11.5. The van der Waals surface area contributed by atoms with E-state index in [-0.39, 0.29) is 11.5 Å². The minimum Gasteiger partial charge on any atom is -0.339 e. The highest BCUT2D eigenvalue weighted by atomic mass is 35.5. The molecule has 2 atom stereocenters. The highest BCUT2D eigenvalue weighted by Crippen LogP contribution is 2.39. The first-order valence-electron chi connectivity index (χ1n) is 6.95. The third-order valence-electron chi connectivity index (χ3n) is 4.11. The molecule has 0 spiro atoms. The van der Waals surface area contributed by atoms with Crippen molar-refractivity contribution in [2.75, 3.05) is 0 Å². The molecule has 1 heterocycles. The molecule has 106 valence electrons. The molecule has 1 aliphatic carbocycles. The summed E-state index contributed by atoms with van der Waals surface area (Å²) < 4.78 is 5.45. The molecular formula is C15H18ClN3O. The third-order valence-corrected chi connectivity index (χ3v) is 4.44. The number of hydrogen-bond acceptors (Lipinski definition) is 4. The van der Waals surface area contributed by atoms with E-state index in [4.69, 9.17) is 21.9 Å². The lowest BCUT2D eigenvalue weighted by Gasteiger charge is -2.35. The van der Waals surface area contributed by atoms with Crippen molar-refractivity contribution in [3.63, 3.8) is 0 Å². The topological polar surface area (TPSA) is 64.9 Å². The number of aromatic nitrogens is 2. The Kier molecular flexibility index (Phi) is 3.52. The summed E-state index contributed by atoms with van der Waals surface area (Å²) in [5.74, 6) is 1.29. The average Bonchev–Trinajstić information content (AvgIpc) is 2.88. The number of benzene rings is 1. The van der Waals surface area contributed by atoms with Crippen molar-refractivity contribution in [2.24, 2.45) is 5.73 Å². The smallest absolute Gasteiger partial charge is 0.231 e. The van der Waals surface area contributed by atoms with Gasteiger partial charge in [-0.15, -0.1) is 0 Å². The zero-order chi connectivity index (χ0) is 14.2. The van der Waals surface area contributed by atoms with E-state index >= 15 is 0 Å². The summed E-state index contributed by atoms with van der Waals surface area (Å²) in [6, 6.07) is 7.50. The van der Waals surface area contributed by atoms with Crippen LogP contribution in [-0.2, 0) is 0 Å². The summed E-state index contributed by atoms with van der Waals surface area (Å²) in [6.07, 6.45) is 4.30. The van der Waals surface area contributed by atoms with Crippen molar-refractivity contribution in [3.8, 4) is 11.4 Å². The van der Waals surface area contributed by atoms with Crippen LogP contribution >= 0.6 is 11.6 Å². The second-order valence-corrected chi connectivity index (χ2v) is 6.15. The van der Waals surface area contributed by atoms with Crippen molar-refractivity contribution in [1.29, 1.82) is 0 Å². The van der Waals surface area contributed by atoms with Crippen LogP contribution in [0.4, 0.5) is 0 Å². The van der Waals surface area contributed by atoms with Gasteiger partial charge in [0.1, 0.15) is 0 Å². The van der Waals surface area contributed by atoms with Gasteiger partial charge in [-0.3, -0.25) is 0 Å². The number of nitrogens with zero attached hydrogens (tertiary/aromatic N) is 2. The van der Waals surface area contributed by atoms with Gasteiger partial charge in [-0.1, -0.05) is 41.7 Å². The fraction of sp³-hybridized carbons (Fsp3) is 0.467. The average molecular weight is 292 g/mol. The Morgan fingerprint density at radius 2 is 2.15 bits per heavy atom. The van der Waals surface area contributed by atoms with Gasteiger partial charge < -0.3 is 10.3 Å². The molecule has 1 aromatic carbocycles. The SMILES string of the molecule is CC1(N)CCCCC1c1nc(-c2ccccc2Cl)no1. The molecule has 2 aromatic rings. The lowest BCUT2D eigenvalue weighted by molar-refractivity contribution is 0.223. The molecule has 1 aliphatic rings. The molecule has 1 saturated carbocycles. The van der Waals surface area contributed by atoms with E-state index < -0.39 is 0 Å². The minimum atomic E-state index is -0.275. The first kappa shape index (κ1) is 13.6. The van der Waals surface area contributed by atoms with Gasteiger partial charge in [0.25, 0.3) is 0 Å². The first-order valence-corrected chi connectivity index (χ1v) is 7.33. The van der Waals surface area contributed by atoms with Crippen molar-refractivity contribution in [2.45, 2.75) is 44.1 Å². The highest BCUT2D eigenvalue weighted by Gasteiger charge is 2.37. The molecule has 0 bridgehead atoms. The van der Waals surface area contributed by atoms with Crippen LogP contribution in [0.15, 0.2) is 28.8 Å². The maximum Gasteiger partial charge on any atom is 0.231 e. The number of halogens is 1. The Hall–Kier alpha value is -1.39. The molecule has 4 nitrogen and oxygen atoms in total. The van der Waals surface area contributed by atoms with Crippen LogP contribution in [-0.4, -0.2) is 15.7 Å². The monoisotopic (exact) mass is 291 g/mol. The van der Waals surface area contributed by atoms with Gasteiger partial charge in [0.15, 0.2) is 0 Å². The van der Waals surface area contributed by atoms with Gasteiger partial charge in [-0.25, -0.2) is 0 Å². The molecule has 20 heavy (non-hydrogen) atoms. The van der Waals surface area contributed by atoms with E-state index in [9.17, 15) is 0 Å². The zero-order valence-corrected chi connectivity index (χ0v) is 12.2. The van der Waals surface area contributed by atoms with Crippen molar-refractivity contribution in [3.05, 3.63) is 35.2 Å². The van der Waals surface area contributed by atoms with E-state index in [0.29, 0.717) is 16.7 Å². The van der Waals surface area contributed by atoms with E-state index in [1.807, 2.05) is 24.3 Å². The molecule has 0 aliphatic heterocycles. The van der Waals surface area contributed by atoms with Gasteiger partial charge in [0, 0.05) is 11.1 Å². The fourth-order valence-electron chi connectivity index (χ4n) is 2.89. The number of rotatable bonds is 2. The van der Waals surface area contributed by atoms with Crippen LogP contribution in [0.5, 0.6) is 0 Å². The van der Waals surface area contributed by atoms with Gasteiger partial charge >= 0.3 is 0 Å². The molecule has 2 unspecified atom stereocenters. The second-order valence-electron chi connectivity index (χ2n) is 5.74. The summed E-state index contributed by atoms with van der Waals surface area (Å²) in [6.45, 7) is 2.07. The molecular weight excluding hydrogens is 274 g/mol. The minimum absolute atomic E-state index is 0.125. The molecule has 0 saturated heterocycles. The largest absolute Gasteiger partial charge is 0.339 e. The summed E-state index contributed by atoms with van der Waals surface area (Å²) in [4.78, 5) is 4.52. The van der Waals surface area contributed by atoms with Crippen molar-refractivity contribution in [1.82, 2.24) is 10.1 Å². The van der Waals surface area contributed by atoms with Crippen molar-refractivity contribution < 1.29 is 4.52 Å². The van der Waals surface area contributed by atoms with E-state index in [1.54, 1.807) is 0 Å². The Labute approximate surface area is 123 Å². The van der Waals surface area contributed by atoms with E-state index in [2.05, 4.69) is 17.1 Å². The van der Waals surface area contributed by atoms with E-state index in [0.717, 1.165) is 31.2 Å². The summed E-state index contributed by atoms with van der Waals surface area (Å²) in [7, 11) is 0. The molecule has 0 amide bonds. The van der Waals surface area contributed by atoms with Crippen LogP contribution in [0.3, 0.4) is 0 Å². The van der Waals surface area contributed by atoms with Crippen molar-refractivity contribution >= 4 is 11.6 Å². The summed E-state index contributed by atoms with van der Waals surface area (Å²) >= 11 is 6.16. The molecule has 2 N–H and O–H groups in total. The molecule has 3 rings (SSSR count). The first-order chi connectivity index (χ1) is 9.58. The summed E-state index contributed by atoms with van der Waals surface area (Å²) in [5.41, 5.74) is 6.89.